The lowest BCUT2D eigenvalue weighted by Gasteiger charge is -2.24. The van der Waals surface area contributed by atoms with E-state index in [-0.39, 0.29) is 11.5 Å². The molecule has 0 aliphatic heterocycles. The largest absolute Gasteiger partial charge is 0.271 e. The van der Waals surface area contributed by atoms with E-state index in [0.717, 1.165) is 12.0 Å². The summed E-state index contributed by atoms with van der Waals surface area (Å²) in [7, 11) is 0. The molecule has 0 amide bonds. The van der Waals surface area contributed by atoms with E-state index in [4.69, 9.17) is 5.84 Å². The molecule has 2 nitrogen and oxygen atoms in total. The Labute approximate surface area is 118 Å². The average Bonchev–Trinajstić information content (AvgIpc) is 2.26. The van der Waals surface area contributed by atoms with E-state index in [9.17, 15) is 0 Å². The third-order valence-electron chi connectivity index (χ3n) is 3.77. The van der Waals surface area contributed by atoms with E-state index in [1.807, 2.05) is 6.92 Å². The van der Waals surface area contributed by atoms with E-state index < -0.39 is 0 Å². The minimum Gasteiger partial charge on any atom is -0.271 e. The SMILES string of the molecule is C=C(C)C(Cc1c(C)cc(C(C)(C)C)cc1C)NN. The Morgan fingerprint density at radius 2 is 1.74 bits per heavy atom. The summed E-state index contributed by atoms with van der Waals surface area (Å²) in [6, 6.07) is 4.74. The van der Waals surface area contributed by atoms with E-state index >= 15 is 0 Å². The second-order valence-corrected chi connectivity index (χ2v) is 6.61. The van der Waals surface area contributed by atoms with E-state index in [0.29, 0.717) is 0 Å². The molecule has 0 fully saturated rings. The van der Waals surface area contributed by atoms with Gasteiger partial charge in [0.1, 0.15) is 0 Å². The van der Waals surface area contributed by atoms with Gasteiger partial charge in [0.15, 0.2) is 0 Å². The van der Waals surface area contributed by atoms with Gasteiger partial charge in [-0.3, -0.25) is 11.3 Å². The normalized spacial score (nSPS) is 13.4. The number of benzene rings is 1. The average molecular weight is 260 g/mol. The molecule has 0 saturated heterocycles. The van der Waals surface area contributed by atoms with Crippen LogP contribution >= 0.6 is 0 Å². The van der Waals surface area contributed by atoms with Crippen molar-refractivity contribution >= 4 is 0 Å². The zero-order chi connectivity index (χ0) is 14.8. The lowest BCUT2D eigenvalue weighted by molar-refractivity contribution is 0.580. The fourth-order valence-electron chi connectivity index (χ4n) is 2.33. The molecule has 106 valence electrons. The highest BCUT2D eigenvalue weighted by Crippen LogP contribution is 2.27. The number of hydrazine groups is 1. The number of aryl methyl sites for hydroxylation is 2. The molecule has 3 N–H and O–H groups in total. The summed E-state index contributed by atoms with van der Waals surface area (Å²) in [5.41, 5.74) is 9.55. The second kappa shape index (κ2) is 5.89. The van der Waals surface area contributed by atoms with Gasteiger partial charge in [0, 0.05) is 6.04 Å². The minimum atomic E-state index is 0.137. The summed E-state index contributed by atoms with van der Waals surface area (Å²) < 4.78 is 0. The molecule has 19 heavy (non-hydrogen) atoms. The van der Waals surface area contributed by atoms with Crippen LogP contribution in [0.25, 0.3) is 0 Å². The number of hydrogen-bond acceptors (Lipinski definition) is 2. The van der Waals surface area contributed by atoms with Crippen molar-refractivity contribution in [2.75, 3.05) is 0 Å². The first-order valence-corrected chi connectivity index (χ1v) is 6.89. The van der Waals surface area contributed by atoms with E-state index in [2.05, 4.69) is 58.8 Å². The Morgan fingerprint density at radius 1 is 1.26 bits per heavy atom. The van der Waals surface area contributed by atoms with Gasteiger partial charge in [0.25, 0.3) is 0 Å². The predicted octanol–water partition coefficient (Wildman–Crippen LogP) is 3.55. The summed E-state index contributed by atoms with van der Waals surface area (Å²) in [4.78, 5) is 0. The van der Waals surface area contributed by atoms with Gasteiger partial charge in [-0.05, 0) is 54.9 Å². The Kier molecular flexibility index (Phi) is 4.94. The molecule has 1 aromatic rings. The van der Waals surface area contributed by atoms with Crippen LogP contribution in [-0.2, 0) is 11.8 Å². The summed E-state index contributed by atoms with van der Waals surface area (Å²) >= 11 is 0. The summed E-state index contributed by atoms with van der Waals surface area (Å²) in [6.45, 7) is 17.1. The smallest absolute Gasteiger partial charge is 0.0455 e. The number of nitrogens with one attached hydrogen (secondary N) is 1. The quantitative estimate of drug-likeness (QED) is 0.493. The van der Waals surface area contributed by atoms with Crippen LogP contribution in [0.4, 0.5) is 0 Å². The van der Waals surface area contributed by atoms with Crippen LogP contribution in [0.1, 0.15) is 49.9 Å². The molecule has 1 unspecified atom stereocenters. The summed E-state index contributed by atoms with van der Waals surface area (Å²) in [5, 5.41) is 0. The van der Waals surface area contributed by atoms with Gasteiger partial charge in [0.05, 0.1) is 0 Å². The molecule has 1 rings (SSSR count). The third-order valence-corrected chi connectivity index (χ3v) is 3.77. The summed E-state index contributed by atoms with van der Waals surface area (Å²) in [5.74, 6) is 5.61. The van der Waals surface area contributed by atoms with Crippen molar-refractivity contribution in [1.29, 1.82) is 0 Å². The van der Waals surface area contributed by atoms with Crippen molar-refractivity contribution in [1.82, 2.24) is 5.43 Å². The van der Waals surface area contributed by atoms with Crippen LogP contribution in [0.3, 0.4) is 0 Å². The van der Waals surface area contributed by atoms with Gasteiger partial charge >= 0.3 is 0 Å². The van der Waals surface area contributed by atoms with Crippen LogP contribution in [0.2, 0.25) is 0 Å². The number of hydrogen-bond donors (Lipinski definition) is 2. The Morgan fingerprint density at radius 3 is 2.05 bits per heavy atom. The first-order chi connectivity index (χ1) is 8.66. The van der Waals surface area contributed by atoms with Crippen molar-refractivity contribution in [2.45, 2.75) is 59.4 Å². The molecule has 0 saturated carbocycles. The van der Waals surface area contributed by atoms with Gasteiger partial charge in [0.2, 0.25) is 0 Å². The maximum Gasteiger partial charge on any atom is 0.0455 e. The van der Waals surface area contributed by atoms with Crippen molar-refractivity contribution in [3.63, 3.8) is 0 Å². The fraction of sp³-hybridized carbons (Fsp3) is 0.529. The van der Waals surface area contributed by atoms with Gasteiger partial charge in [-0.1, -0.05) is 45.1 Å². The van der Waals surface area contributed by atoms with Crippen molar-refractivity contribution in [2.24, 2.45) is 5.84 Å². The molecular weight excluding hydrogens is 232 g/mol. The van der Waals surface area contributed by atoms with Crippen LogP contribution in [-0.4, -0.2) is 6.04 Å². The Balaban J connectivity index is 3.14. The standard InChI is InChI=1S/C17H28N2/c1-11(2)16(19-18)10-15-12(3)8-14(9-13(15)4)17(5,6)7/h8-9,16,19H,1,10,18H2,2-7H3. The van der Waals surface area contributed by atoms with Gasteiger partial charge in [-0.2, -0.15) is 0 Å². The highest BCUT2D eigenvalue weighted by Gasteiger charge is 2.18. The molecule has 0 bridgehead atoms. The first-order valence-electron chi connectivity index (χ1n) is 6.89. The van der Waals surface area contributed by atoms with Crippen LogP contribution in [0, 0.1) is 13.8 Å². The topological polar surface area (TPSA) is 38.0 Å². The maximum atomic E-state index is 5.61. The fourth-order valence-corrected chi connectivity index (χ4v) is 2.33. The van der Waals surface area contributed by atoms with Crippen LogP contribution in [0.15, 0.2) is 24.3 Å². The number of nitrogens with two attached hydrogens (primary N) is 1. The Bertz CT molecular complexity index is 444. The molecule has 0 spiro atoms. The third kappa shape index (κ3) is 3.92. The van der Waals surface area contributed by atoms with Crippen molar-refractivity contribution < 1.29 is 0 Å². The van der Waals surface area contributed by atoms with Gasteiger partial charge in [-0.25, -0.2) is 0 Å². The van der Waals surface area contributed by atoms with Crippen LogP contribution < -0.4 is 11.3 Å². The molecule has 1 aromatic carbocycles. The maximum absolute atomic E-state index is 5.61. The van der Waals surface area contributed by atoms with Crippen molar-refractivity contribution in [3.8, 4) is 0 Å². The second-order valence-electron chi connectivity index (χ2n) is 6.61. The molecule has 1 atom stereocenters. The Hall–Kier alpha value is -1.12. The molecule has 0 aliphatic rings. The number of rotatable bonds is 4. The molecule has 0 aromatic heterocycles. The van der Waals surface area contributed by atoms with Crippen LogP contribution in [0.5, 0.6) is 0 Å². The van der Waals surface area contributed by atoms with Gasteiger partial charge in [-0.15, -0.1) is 0 Å². The van der Waals surface area contributed by atoms with E-state index in [1.54, 1.807) is 0 Å². The summed E-state index contributed by atoms with van der Waals surface area (Å²) in [6.07, 6.45) is 0.897. The first kappa shape index (κ1) is 15.9. The molecule has 0 aliphatic carbocycles. The van der Waals surface area contributed by atoms with Crippen molar-refractivity contribution in [3.05, 3.63) is 46.5 Å². The monoisotopic (exact) mass is 260 g/mol. The molecule has 2 heteroatoms. The van der Waals surface area contributed by atoms with Gasteiger partial charge < -0.3 is 0 Å². The minimum absolute atomic E-state index is 0.137. The highest BCUT2D eigenvalue weighted by atomic mass is 15.2. The zero-order valence-electron chi connectivity index (χ0n) is 13.2. The highest BCUT2D eigenvalue weighted by molar-refractivity contribution is 5.41. The molecule has 0 radical (unpaired) electrons. The predicted molar refractivity (Wildman–Crippen MR) is 84.2 cm³/mol. The lowest BCUT2D eigenvalue weighted by atomic mass is 9.82. The molecular formula is C17H28N2. The molecule has 0 heterocycles. The zero-order valence-corrected chi connectivity index (χ0v) is 13.2. The van der Waals surface area contributed by atoms with E-state index in [1.165, 1.54) is 22.3 Å². The lowest BCUT2D eigenvalue weighted by Crippen LogP contribution is -2.37.